The third-order valence-corrected chi connectivity index (χ3v) is 2.40. The van der Waals surface area contributed by atoms with Gasteiger partial charge in [0.05, 0.1) is 0 Å². The van der Waals surface area contributed by atoms with Gasteiger partial charge >= 0.3 is 12.2 Å². The molecule has 7 heteroatoms. The Bertz CT molecular complexity index is 576. The summed E-state index contributed by atoms with van der Waals surface area (Å²) in [6, 6.07) is 0.989. The number of hydrogen-bond donors (Lipinski definition) is 0. The number of rotatable bonds is 1. The second-order valence-corrected chi connectivity index (χ2v) is 7.09. The number of imide groups is 1. The van der Waals surface area contributed by atoms with Crippen molar-refractivity contribution < 1.29 is 23.5 Å². The predicted molar refractivity (Wildman–Crippen MR) is 95.2 cm³/mol. The van der Waals surface area contributed by atoms with Crippen LogP contribution in [0.1, 0.15) is 61.0 Å². The number of anilines is 1. The molecule has 1 heterocycles. The molecule has 0 aliphatic carbocycles. The zero-order valence-corrected chi connectivity index (χ0v) is 16.6. The lowest BCUT2D eigenvalue weighted by molar-refractivity contribution is 0.0429. The largest absolute Gasteiger partial charge is 0.443 e. The molecule has 0 spiro atoms. The van der Waals surface area contributed by atoms with Crippen LogP contribution >= 0.6 is 0 Å². The molecule has 0 aromatic carbocycles. The molecule has 0 radical (unpaired) electrons. The number of carbonyl (C=O) groups is 2. The molecule has 1 rings (SSSR count). The normalized spacial score (nSPS) is 11.1. The van der Waals surface area contributed by atoms with Gasteiger partial charge in [0.25, 0.3) is 0 Å². The fourth-order valence-corrected chi connectivity index (χ4v) is 1.49. The minimum absolute atomic E-state index is 0.198. The summed E-state index contributed by atoms with van der Waals surface area (Å²) in [6.07, 6.45) is -0.739. The number of amides is 2. The zero-order chi connectivity index (χ0) is 20.0. The van der Waals surface area contributed by atoms with Crippen molar-refractivity contribution in [1.29, 1.82) is 0 Å². The van der Waals surface area contributed by atoms with E-state index < -0.39 is 29.2 Å². The Morgan fingerprint density at radius 3 is 1.72 bits per heavy atom. The Morgan fingerprint density at radius 1 is 1.00 bits per heavy atom. The molecule has 0 atom stereocenters. The highest BCUT2D eigenvalue weighted by Crippen LogP contribution is 2.21. The summed E-state index contributed by atoms with van der Waals surface area (Å²) in [5, 5.41) is 0. The van der Waals surface area contributed by atoms with Crippen LogP contribution in [0.2, 0.25) is 0 Å². The van der Waals surface area contributed by atoms with Crippen molar-refractivity contribution in [2.45, 2.75) is 73.5 Å². The van der Waals surface area contributed by atoms with Crippen LogP contribution in [-0.4, -0.2) is 28.4 Å². The monoisotopic (exact) mass is 356 g/mol. The topological polar surface area (TPSA) is 68.7 Å². The summed E-state index contributed by atoms with van der Waals surface area (Å²) >= 11 is 0. The predicted octanol–water partition coefficient (Wildman–Crippen LogP) is 5.23. The molecule has 6 nitrogen and oxygen atoms in total. The summed E-state index contributed by atoms with van der Waals surface area (Å²) < 4.78 is 24.1. The van der Waals surface area contributed by atoms with Crippen molar-refractivity contribution in [3.05, 3.63) is 23.6 Å². The van der Waals surface area contributed by atoms with Gasteiger partial charge in [0.15, 0.2) is 5.82 Å². The second-order valence-electron chi connectivity index (χ2n) is 7.09. The quantitative estimate of drug-likeness (QED) is 0.689. The van der Waals surface area contributed by atoms with Crippen molar-refractivity contribution >= 4 is 18.0 Å². The van der Waals surface area contributed by atoms with E-state index in [-0.39, 0.29) is 5.82 Å². The fourth-order valence-electron chi connectivity index (χ4n) is 1.49. The second kappa shape index (κ2) is 8.78. The molecule has 0 N–H and O–H groups in total. The van der Waals surface area contributed by atoms with Gasteiger partial charge in [-0.2, -0.15) is 4.90 Å². The van der Waals surface area contributed by atoms with E-state index in [2.05, 4.69) is 4.98 Å². The lowest BCUT2D eigenvalue weighted by Gasteiger charge is -2.28. The molecule has 0 bridgehead atoms. The van der Waals surface area contributed by atoms with Crippen LogP contribution in [0.3, 0.4) is 0 Å². The van der Waals surface area contributed by atoms with Gasteiger partial charge in [0, 0.05) is 17.8 Å². The van der Waals surface area contributed by atoms with E-state index >= 15 is 0 Å². The molecule has 142 valence electrons. The Kier molecular flexibility index (Phi) is 8.02. The molecular weight excluding hydrogens is 327 g/mol. The molecule has 0 saturated heterocycles. The molecule has 1 aromatic rings. The first-order chi connectivity index (χ1) is 11.3. The molecule has 2 amide bonds. The van der Waals surface area contributed by atoms with E-state index in [9.17, 15) is 14.0 Å². The molecular formula is C18H29FN2O4. The van der Waals surface area contributed by atoms with Gasteiger partial charge in [-0.3, -0.25) is 0 Å². The van der Waals surface area contributed by atoms with Crippen molar-refractivity contribution in [3.8, 4) is 0 Å². The minimum Gasteiger partial charge on any atom is -0.443 e. The van der Waals surface area contributed by atoms with E-state index in [1.807, 2.05) is 13.8 Å². The number of aryl methyl sites for hydroxylation is 1. The first-order valence-electron chi connectivity index (χ1n) is 8.18. The fraction of sp³-hybridized carbons (Fsp3) is 0.611. The third kappa shape index (κ3) is 7.96. The SMILES string of the molecule is CC.Cc1cnc(N(C(=O)OC(C)(C)C)C(=O)OC(C)(C)C)cc1F. The smallest absolute Gasteiger partial charge is 0.425 e. The van der Waals surface area contributed by atoms with E-state index in [4.69, 9.17) is 9.47 Å². The molecule has 0 fully saturated rings. The Balaban J connectivity index is 0.00000277. The van der Waals surface area contributed by atoms with Gasteiger partial charge < -0.3 is 9.47 Å². The van der Waals surface area contributed by atoms with Gasteiger partial charge in [-0.25, -0.2) is 19.0 Å². The first-order valence-corrected chi connectivity index (χ1v) is 8.18. The summed E-state index contributed by atoms with van der Waals surface area (Å²) in [4.78, 5) is 29.2. The van der Waals surface area contributed by atoms with E-state index in [0.717, 1.165) is 6.07 Å². The third-order valence-electron chi connectivity index (χ3n) is 2.40. The Morgan fingerprint density at radius 2 is 1.40 bits per heavy atom. The number of ether oxygens (including phenoxy) is 2. The summed E-state index contributed by atoms with van der Waals surface area (Å²) in [5.74, 6) is -0.788. The maximum absolute atomic E-state index is 13.8. The maximum atomic E-state index is 13.8. The Labute approximate surface area is 149 Å². The zero-order valence-electron chi connectivity index (χ0n) is 16.6. The van der Waals surface area contributed by atoms with Crippen molar-refractivity contribution in [2.75, 3.05) is 4.90 Å². The van der Waals surface area contributed by atoms with Crippen LogP contribution in [0.25, 0.3) is 0 Å². The molecule has 0 aliphatic rings. The van der Waals surface area contributed by atoms with Crippen molar-refractivity contribution in [2.24, 2.45) is 0 Å². The van der Waals surface area contributed by atoms with Crippen LogP contribution < -0.4 is 4.90 Å². The highest BCUT2D eigenvalue weighted by atomic mass is 19.1. The maximum Gasteiger partial charge on any atom is 0.425 e. The van der Waals surface area contributed by atoms with Gasteiger partial charge in [-0.1, -0.05) is 13.8 Å². The Hall–Kier alpha value is -2.18. The van der Waals surface area contributed by atoms with Gasteiger partial charge in [-0.15, -0.1) is 0 Å². The molecule has 0 aliphatic heterocycles. The van der Waals surface area contributed by atoms with E-state index in [1.165, 1.54) is 13.1 Å². The van der Waals surface area contributed by atoms with Crippen LogP contribution in [0.15, 0.2) is 12.3 Å². The number of nitrogens with zero attached hydrogens (tertiary/aromatic N) is 2. The van der Waals surface area contributed by atoms with Crippen LogP contribution in [0.4, 0.5) is 19.8 Å². The number of carbonyl (C=O) groups excluding carboxylic acids is 2. The summed E-state index contributed by atoms with van der Waals surface area (Å²) in [5.41, 5.74) is -1.37. The highest BCUT2D eigenvalue weighted by Gasteiger charge is 2.33. The van der Waals surface area contributed by atoms with Crippen molar-refractivity contribution in [3.63, 3.8) is 0 Å². The lowest BCUT2D eigenvalue weighted by atomic mass is 10.2. The van der Waals surface area contributed by atoms with Crippen LogP contribution in [0, 0.1) is 12.7 Å². The molecule has 0 saturated carbocycles. The summed E-state index contributed by atoms with van der Waals surface area (Å²) in [6.45, 7) is 15.4. The average Bonchev–Trinajstić information content (AvgIpc) is 2.41. The van der Waals surface area contributed by atoms with Gasteiger partial charge in [-0.05, 0) is 48.5 Å². The minimum atomic E-state index is -0.984. The molecule has 25 heavy (non-hydrogen) atoms. The number of hydrogen-bond acceptors (Lipinski definition) is 5. The van der Waals surface area contributed by atoms with E-state index in [0.29, 0.717) is 10.5 Å². The van der Waals surface area contributed by atoms with Gasteiger partial charge in [0.2, 0.25) is 0 Å². The number of halogens is 1. The first kappa shape index (κ1) is 22.8. The standard InChI is InChI=1S/C16H23FN2O4.C2H6/c1-10-9-18-12(8-11(10)17)19(13(20)22-15(2,3)4)14(21)23-16(5,6)7;1-2/h8-9H,1-7H3;1-2H3. The van der Waals surface area contributed by atoms with E-state index in [1.54, 1.807) is 41.5 Å². The molecule has 0 unspecified atom stereocenters. The van der Waals surface area contributed by atoms with Crippen LogP contribution in [0.5, 0.6) is 0 Å². The molecule has 1 aromatic heterocycles. The average molecular weight is 356 g/mol. The lowest BCUT2D eigenvalue weighted by Crippen LogP contribution is -2.44. The highest BCUT2D eigenvalue weighted by molar-refractivity contribution is 6.08. The summed E-state index contributed by atoms with van der Waals surface area (Å²) in [7, 11) is 0. The number of pyridine rings is 1. The number of aromatic nitrogens is 1. The van der Waals surface area contributed by atoms with Crippen molar-refractivity contribution in [1.82, 2.24) is 4.98 Å². The van der Waals surface area contributed by atoms with Crippen LogP contribution in [-0.2, 0) is 9.47 Å². The van der Waals surface area contributed by atoms with Gasteiger partial charge in [0.1, 0.15) is 17.0 Å².